The lowest BCUT2D eigenvalue weighted by molar-refractivity contribution is -0.124. The van der Waals surface area contributed by atoms with Gasteiger partial charge in [-0.1, -0.05) is 30.1 Å². The summed E-state index contributed by atoms with van der Waals surface area (Å²) in [5, 5.41) is 3.42. The molecule has 0 spiro atoms. The molecule has 0 saturated heterocycles. The van der Waals surface area contributed by atoms with Crippen molar-refractivity contribution < 1.29 is 13.2 Å². The Morgan fingerprint density at radius 2 is 2.00 bits per heavy atom. The highest BCUT2D eigenvalue weighted by Crippen LogP contribution is 2.32. The third kappa shape index (κ3) is 6.18. The van der Waals surface area contributed by atoms with Crippen molar-refractivity contribution in [3.63, 3.8) is 0 Å². The summed E-state index contributed by atoms with van der Waals surface area (Å²) >= 11 is 13.2. The van der Waals surface area contributed by atoms with E-state index in [0.29, 0.717) is 10.0 Å². The van der Waals surface area contributed by atoms with Gasteiger partial charge in [0.2, 0.25) is 0 Å². The van der Waals surface area contributed by atoms with Gasteiger partial charge in [0.15, 0.2) is 0 Å². The molecule has 102 valence electrons. The van der Waals surface area contributed by atoms with Crippen LogP contribution in [0.3, 0.4) is 0 Å². The van der Waals surface area contributed by atoms with Crippen LogP contribution in [-0.4, -0.2) is 24.5 Å². The standard InChI is InChI=1S/C11H12Cl2F3NS/c1-7(5-17-6-11(14,15)16)18-10-4-8(12)2-3-9(10)13/h2-4,7,17H,5-6H2,1H3. The second-order valence-corrected chi connectivity index (χ2v) is 6.07. The summed E-state index contributed by atoms with van der Waals surface area (Å²) in [6, 6.07) is 5.04. The van der Waals surface area contributed by atoms with Crippen LogP contribution in [0.1, 0.15) is 6.92 Å². The van der Waals surface area contributed by atoms with E-state index in [0.717, 1.165) is 4.90 Å². The molecule has 0 aliphatic heterocycles. The van der Waals surface area contributed by atoms with Crippen LogP contribution in [0.4, 0.5) is 13.2 Å². The summed E-state index contributed by atoms with van der Waals surface area (Å²) in [7, 11) is 0. The lowest BCUT2D eigenvalue weighted by atomic mass is 10.4. The van der Waals surface area contributed by atoms with E-state index in [1.165, 1.54) is 11.8 Å². The van der Waals surface area contributed by atoms with Crippen LogP contribution in [0.25, 0.3) is 0 Å². The molecule has 0 heterocycles. The van der Waals surface area contributed by atoms with Gasteiger partial charge in [-0.25, -0.2) is 0 Å². The number of rotatable bonds is 5. The summed E-state index contributed by atoms with van der Waals surface area (Å²) in [6.45, 7) is 1.08. The fraction of sp³-hybridized carbons (Fsp3) is 0.455. The molecule has 0 aliphatic rings. The maximum absolute atomic E-state index is 11.9. The van der Waals surface area contributed by atoms with Crippen LogP contribution < -0.4 is 5.32 Å². The van der Waals surface area contributed by atoms with Gasteiger partial charge in [0.25, 0.3) is 0 Å². The van der Waals surface area contributed by atoms with Crippen molar-refractivity contribution in [2.45, 2.75) is 23.2 Å². The molecule has 0 radical (unpaired) electrons. The summed E-state index contributed by atoms with van der Waals surface area (Å²) < 4.78 is 35.8. The SMILES string of the molecule is CC(CNCC(F)(F)F)Sc1cc(Cl)ccc1Cl. The van der Waals surface area contributed by atoms with Crippen molar-refractivity contribution in [2.24, 2.45) is 0 Å². The van der Waals surface area contributed by atoms with Gasteiger partial charge in [-0.15, -0.1) is 11.8 Å². The average Bonchev–Trinajstić information content (AvgIpc) is 2.21. The van der Waals surface area contributed by atoms with Crippen LogP contribution in [-0.2, 0) is 0 Å². The van der Waals surface area contributed by atoms with E-state index in [1.807, 2.05) is 6.92 Å². The molecule has 0 aliphatic carbocycles. The maximum Gasteiger partial charge on any atom is 0.401 e. The third-order valence-electron chi connectivity index (χ3n) is 1.98. The number of halogens is 5. The van der Waals surface area contributed by atoms with E-state index >= 15 is 0 Å². The highest BCUT2D eigenvalue weighted by atomic mass is 35.5. The quantitative estimate of drug-likeness (QED) is 0.795. The summed E-state index contributed by atoms with van der Waals surface area (Å²) in [6.07, 6.45) is -4.18. The highest BCUT2D eigenvalue weighted by Gasteiger charge is 2.26. The van der Waals surface area contributed by atoms with E-state index in [1.54, 1.807) is 18.2 Å². The molecule has 0 amide bonds. The lowest BCUT2D eigenvalue weighted by Gasteiger charge is -2.14. The smallest absolute Gasteiger partial charge is 0.308 e. The summed E-state index contributed by atoms with van der Waals surface area (Å²) in [5.74, 6) is 0. The molecule has 1 N–H and O–H groups in total. The van der Waals surface area contributed by atoms with Crippen molar-refractivity contribution in [3.05, 3.63) is 28.2 Å². The number of benzene rings is 1. The molecule has 1 nitrogen and oxygen atoms in total. The van der Waals surface area contributed by atoms with Crippen LogP contribution in [0.5, 0.6) is 0 Å². The second-order valence-electron chi connectivity index (χ2n) is 3.75. The van der Waals surface area contributed by atoms with Crippen LogP contribution in [0.15, 0.2) is 23.1 Å². The molecule has 0 bridgehead atoms. The van der Waals surface area contributed by atoms with Crippen LogP contribution in [0, 0.1) is 0 Å². The zero-order valence-electron chi connectivity index (χ0n) is 9.52. The molecular formula is C11H12Cl2F3NS. The first kappa shape index (κ1) is 16.0. The van der Waals surface area contributed by atoms with Crippen molar-refractivity contribution >= 4 is 35.0 Å². The fourth-order valence-corrected chi connectivity index (χ4v) is 2.74. The van der Waals surface area contributed by atoms with Crippen molar-refractivity contribution in [1.82, 2.24) is 5.32 Å². The van der Waals surface area contributed by atoms with Crippen LogP contribution >= 0.6 is 35.0 Å². The molecule has 18 heavy (non-hydrogen) atoms. The van der Waals surface area contributed by atoms with E-state index in [2.05, 4.69) is 5.32 Å². The minimum absolute atomic E-state index is 0.0386. The monoisotopic (exact) mass is 317 g/mol. The topological polar surface area (TPSA) is 12.0 Å². The molecule has 7 heteroatoms. The third-order valence-corrected chi connectivity index (χ3v) is 3.82. The molecule has 0 saturated carbocycles. The Bertz CT molecular complexity index is 398. The predicted molar refractivity (Wildman–Crippen MR) is 70.7 cm³/mol. The molecule has 1 unspecified atom stereocenters. The predicted octanol–water partition coefficient (Wildman–Crippen LogP) is 4.63. The lowest BCUT2D eigenvalue weighted by Crippen LogP contribution is -2.32. The van der Waals surface area contributed by atoms with Gasteiger partial charge in [0.05, 0.1) is 11.6 Å². The normalized spacial score (nSPS) is 13.7. The molecular weight excluding hydrogens is 306 g/mol. The Balaban J connectivity index is 2.44. The Labute approximate surface area is 118 Å². The van der Waals surface area contributed by atoms with Crippen molar-refractivity contribution in [2.75, 3.05) is 13.1 Å². The van der Waals surface area contributed by atoms with E-state index in [9.17, 15) is 13.2 Å². The molecule has 0 aromatic heterocycles. The first-order valence-corrected chi connectivity index (χ1v) is 6.80. The Morgan fingerprint density at radius 3 is 2.61 bits per heavy atom. The number of thioether (sulfide) groups is 1. The zero-order valence-corrected chi connectivity index (χ0v) is 11.9. The zero-order chi connectivity index (χ0) is 13.8. The van der Waals surface area contributed by atoms with Gasteiger partial charge in [-0.2, -0.15) is 13.2 Å². The van der Waals surface area contributed by atoms with E-state index in [4.69, 9.17) is 23.2 Å². The number of nitrogens with one attached hydrogen (secondary N) is 1. The first-order valence-electron chi connectivity index (χ1n) is 5.17. The van der Waals surface area contributed by atoms with Gasteiger partial charge in [0.1, 0.15) is 0 Å². The minimum Gasteiger partial charge on any atom is -0.308 e. The highest BCUT2D eigenvalue weighted by molar-refractivity contribution is 8.00. The van der Waals surface area contributed by atoms with Crippen molar-refractivity contribution in [3.8, 4) is 0 Å². The van der Waals surface area contributed by atoms with Gasteiger partial charge < -0.3 is 5.32 Å². The van der Waals surface area contributed by atoms with Crippen LogP contribution in [0.2, 0.25) is 10.0 Å². The first-order chi connectivity index (χ1) is 8.28. The second kappa shape index (κ2) is 6.89. The van der Waals surface area contributed by atoms with E-state index < -0.39 is 12.7 Å². The Hall–Kier alpha value is -0.100. The van der Waals surface area contributed by atoms with Gasteiger partial charge in [-0.05, 0) is 18.2 Å². The molecule has 1 aromatic rings. The molecule has 0 fully saturated rings. The van der Waals surface area contributed by atoms with Crippen molar-refractivity contribution in [1.29, 1.82) is 0 Å². The van der Waals surface area contributed by atoms with Gasteiger partial charge in [0, 0.05) is 21.7 Å². The Kier molecular flexibility index (Phi) is 6.11. The van der Waals surface area contributed by atoms with E-state index in [-0.39, 0.29) is 11.8 Å². The largest absolute Gasteiger partial charge is 0.401 e. The van der Waals surface area contributed by atoms with Gasteiger partial charge >= 0.3 is 6.18 Å². The maximum atomic E-state index is 11.9. The summed E-state index contributed by atoms with van der Waals surface area (Å²) in [4.78, 5) is 0.769. The number of hydrogen-bond donors (Lipinski definition) is 1. The Morgan fingerprint density at radius 1 is 1.33 bits per heavy atom. The van der Waals surface area contributed by atoms with Gasteiger partial charge in [-0.3, -0.25) is 0 Å². The molecule has 1 rings (SSSR count). The average molecular weight is 318 g/mol. The summed E-state index contributed by atoms with van der Waals surface area (Å²) in [5.41, 5.74) is 0. The fourth-order valence-electron chi connectivity index (χ4n) is 1.24. The minimum atomic E-state index is -4.18. The molecule has 1 atom stereocenters. The molecule has 1 aromatic carbocycles. The number of alkyl halides is 3. The number of hydrogen-bond acceptors (Lipinski definition) is 2.